The van der Waals surface area contributed by atoms with Crippen LogP contribution in [0.2, 0.25) is 0 Å². The lowest BCUT2D eigenvalue weighted by Gasteiger charge is -2.01. The summed E-state index contributed by atoms with van der Waals surface area (Å²) >= 11 is 0. The zero-order valence-electron chi connectivity index (χ0n) is 10.1. The maximum absolute atomic E-state index is 9.38. The molecule has 0 saturated heterocycles. The maximum Gasteiger partial charge on any atom is 0.227 e. The van der Waals surface area contributed by atoms with Gasteiger partial charge in [0.2, 0.25) is 11.7 Å². The van der Waals surface area contributed by atoms with Crippen LogP contribution in [0, 0.1) is 5.92 Å². The number of hydrogen-bond donors (Lipinski definition) is 1. The van der Waals surface area contributed by atoms with E-state index in [-0.39, 0.29) is 5.75 Å². The highest BCUT2D eigenvalue weighted by atomic mass is 16.5. The van der Waals surface area contributed by atoms with E-state index in [1.165, 1.54) is 0 Å². The number of rotatable bonds is 4. The van der Waals surface area contributed by atoms with Crippen LogP contribution in [0.15, 0.2) is 28.8 Å². The van der Waals surface area contributed by atoms with Crippen molar-refractivity contribution in [3.8, 4) is 17.1 Å². The summed E-state index contributed by atoms with van der Waals surface area (Å²) in [5.41, 5.74) is 0.768. The third-order valence-electron chi connectivity index (χ3n) is 2.79. The minimum Gasteiger partial charge on any atom is -0.508 e. The van der Waals surface area contributed by atoms with Crippen molar-refractivity contribution in [3.63, 3.8) is 0 Å². The van der Waals surface area contributed by atoms with Gasteiger partial charge in [-0.05, 0) is 18.1 Å². The molecule has 1 atom stereocenters. The molecule has 0 saturated carbocycles. The minimum absolute atomic E-state index is 0.204. The van der Waals surface area contributed by atoms with Crippen molar-refractivity contribution in [1.29, 1.82) is 0 Å². The summed E-state index contributed by atoms with van der Waals surface area (Å²) in [6.45, 7) is 4.29. The fraction of sp³-hybridized carbons (Fsp3) is 0.385. The summed E-state index contributed by atoms with van der Waals surface area (Å²) in [7, 11) is 0. The van der Waals surface area contributed by atoms with E-state index in [4.69, 9.17) is 4.52 Å². The molecule has 90 valence electrons. The Morgan fingerprint density at radius 1 is 1.41 bits per heavy atom. The highest BCUT2D eigenvalue weighted by Crippen LogP contribution is 2.21. The van der Waals surface area contributed by atoms with Gasteiger partial charge < -0.3 is 9.63 Å². The molecule has 1 aromatic heterocycles. The highest BCUT2D eigenvalue weighted by molar-refractivity contribution is 5.56. The number of aromatic nitrogens is 2. The van der Waals surface area contributed by atoms with Crippen LogP contribution in [-0.4, -0.2) is 15.2 Å². The van der Waals surface area contributed by atoms with Gasteiger partial charge >= 0.3 is 0 Å². The Hall–Kier alpha value is -1.84. The molecular weight excluding hydrogens is 216 g/mol. The van der Waals surface area contributed by atoms with E-state index < -0.39 is 0 Å². The van der Waals surface area contributed by atoms with Crippen molar-refractivity contribution in [1.82, 2.24) is 10.1 Å². The Morgan fingerprint density at radius 2 is 2.24 bits per heavy atom. The molecule has 2 aromatic rings. The second-order valence-corrected chi connectivity index (χ2v) is 4.28. The second-order valence-electron chi connectivity index (χ2n) is 4.28. The van der Waals surface area contributed by atoms with E-state index in [1.54, 1.807) is 18.2 Å². The Labute approximate surface area is 100 Å². The summed E-state index contributed by atoms with van der Waals surface area (Å²) in [5, 5.41) is 13.3. The number of aromatic hydroxyl groups is 1. The average Bonchev–Trinajstić information content (AvgIpc) is 2.77. The summed E-state index contributed by atoms with van der Waals surface area (Å²) in [5.74, 6) is 1.92. The Morgan fingerprint density at radius 3 is 2.94 bits per heavy atom. The molecule has 0 aliphatic carbocycles. The van der Waals surface area contributed by atoms with Gasteiger partial charge in [0.25, 0.3) is 0 Å². The van der Waals surface area contributed by atoms with E-state index in [0.717, 1.165) is 18.4 Å². The lowest BCUT2D eigenvalue weighted by Crippen LogP contribution is -1.97. The van der Waals surface area contributed by atoms with Crippen LogP contribution >= 0.6 is 0 Å². The summed E-state index contributed by atoms with van der Waals surface area (Å²) in [6, 6.07) is 6.84. The van der Waals surface area contributed by atoms with Gasteiger partial charge in [0.15, 0.2) is 0 Å². The molecule has 2 rings (SSSR count). The van der Waals surface area contributed by atoms with Crippen LogP contribution in [0.25, 0.3) is 11.4 Å². The van der Waals surface area contributed by atoms with Gasteiger partial charge in [-0.2, -0.15) is 4.98 Å². The van der Waals surface area contributed by atoms with Crippen LogP contribution in [0.4, 0.5) is 0 Å². The Kier molecular flexibility index (Phi) is 3.42. The highest BCUT2D eigenvalue weighted by Gasteiger charge is 2.11. The second kappa shape index (κ2) is 4.99. The van der Waals surface area contributed by atoms with Gasteiger partial charge in [0, 0.05) is 12.0 Å². The first-order valence-electron chi connectivity index (χ1n) is 5.81. The first kappa shape index (κ1) is 11.6. The normalized spacial score (nSPS) is 12.6. The molecule has 0 fully saturated rings. The molecule has 1 heterocycles. The quantitative estimate of drug-likeness (QED) is 0.880. The van der Waals surface area contributed by atoms with Crippen molar-refractivity contribution in [2.45, 2.75) is 26.7 Å². The van der Waals surface area contributed by atoms with Crippen molar-refractivity contribution < 1.29 is 9.63 Å². The van der Waals surface area contributed by atoms with Gasteiger partial charge in [0.05, 0.1) is 0 Å². The van der Waals surface area contributed by atoms with Gasteiger partial charge in [-0.15, -0.1) is 0 Å². The number of hydrogen-bond acceptors (Lipinski definition) is 4. The van der Waals surface area contributed by atoms with Gasteiger partial charge in [-0.1, -0.05) is 37.6 Å². The van der Waals surface area contributed by atoms with Crippen LogP contribution in [0.1, 0.15) is 26.2 Å². The average molecular weight is 232 g/mol. The predicted octanol–water partition coefficient (Wildman–Crippen LogP) is 3.03. The molecule has 0 aliphatic rings. The van der Waals surface area contributed by atoms with E-state index in [0.29, 0.717) is 17.6 Å². The van der Waals surface area contributed by atoms with Gasteiger partial charge in [-0.25, -0.2) is 0 Å². The molecule has 1 aromatic carbocycles. The van der Waals surface area contributed by atoms with Gasteiger partial charge in [0.1, 0.15) is 5.75 Å². The topological polar surface area (TPSA) is 59.2 Å². The van der Waals surface area contributed by atoms with E-state index in [9.17, 15) is 5.11 Å². The Balaban J connectivity index is 2.18. The standard InChI is InChI=1S/C13H16N2O2/c1-3-9(2)7-12-14-13(15-17-12)10-5-4-6-11(16)8-10/h4-6,8-9,16H,3,7H2,1-2H3. The minimum atomic E-state index is 0.204. The summed E-state index contributed by atoms with van der Waals surface area (Å²) in [4.78, 5) is 4.32. The molecule has 0 amide bonds. The van der Waals surface area contributed by atoms with Crippen molar-refractivity contribution in [2.75, 3.05) is 0 Å². The van der Waals surface area contributed by atoms with Crippen molar-refractivity contribution >= 4 is 0 Å². The van der Waals surface area contributed by atoms with Crippen LogP contribution < -0.4 is 0 Å². The fourth-order valence-electron chi connectivity index (χ4n) is 1.54. The molecule has 0 bridgehead atoms. The molecular formula is C13H16N2O2. The Bertz CT molecular complexity index is 494. The number of nitrogens with zero attached hydrogens (tertiary/aromatic N) is 2. The third kappa shape index (κ3) is 2.84. The van der Waals surface area contributed by atoms with Crippen molar-refractivity contribution in [2.24, 2.45) is 5.92 Å². The summed E-state index contributed by atoms with van der Waals surface area (Å²) in [6.07, 6.45) is 1.88. The van der Waals surface area contributed by atoms with Crippen LogP contribution in [0.3, 0.4) is 0 Å². The lowest BCUT2D eigenvalue weighted by atomic mass is 10.1. The molecule has 0 aliphatic heterocycles. The van der Waals surface area contributed by atoms with E-state index >= 15 is 0 Å². The fourth-order valence-corrected chi connectivity index (χ4v) is 1.54. The molecule has 17 heavy (non-hydrogen) atoms. The molecule has 1 unspecified atom stereocenters. The SMILES string of the molecule is CCC(C)Cc1nc(-c2cccc(O)c2)no1. The number of benzene rings is 1. The largest absolute Gasteiger partial charge is 0.508 e. The first-order chi connectivity index (χ1) is 8.19. The van der Waals surface area contributed by atoms with Crippen LogP contribution in [-0.2, 0) is 6.42 Å². The predicted molar refractivity (Wildman–Crippen MR) is 64.6 cm³/mol. The smallest absolute Gasteiger partial charge is 0.227 e. The van der Waals surface area contributed by atoms with Gasteiger partial charge in [-0.3, -0.25) is 0 Å². The lowest BCUT2D eigenvalue weighted by molar-refractivity contribution is 0.356. The third-order valence-corrected chi connectivity index (χ3v) is 2.79. The first-order valence-corrected chi connectivity index (χ1v) is 5.81. The van der Waals surface area contributed by atoms with E-state index in [2.05, 4.69) is 24.0 Å². The monoisotopic (exact) mass is 232 g/mol. The summed E-state index contributed by atoms with van der Waals surface area (Å²) < 4.78 is 5.19. The number of phenols is 1. The zero-order valence-corrected chi connectivity index (χ0v) is 10.1. The molecule has 1 N–H and O–H groups in total. The molecule has 4 nitrogen and oxygen atoms in total. The molecule has 0 spiro atoms. The maximum atomic E-state index is 9.38. The van der Waals surface area contributed by atoms with Crippen molar-refractivity contribution in [3.05, 3.63) is 30.2 Å². The molecule has 4 heteroatoms. The van der Waals surface area contributed by atoms with E-state index in [1.807, 2.05) is 6.07 Å². The number of phenolic OH excluding ortho intramolecular Hbond substituents is 1. The zero-order chi connectivity index (χ0) is 12.3. The molecule has 0 radical (unpaired) electrons. The van der Waals surface area contributed by atoms with Crippen LogP contribution in [0.5, 0.6) is 5.75 Å².